The van der Waals surface area contributed by atoms with Crippen molar-refractivity contribution in [1.82, 2.24) is 4.31 Å². The highest BCUT2D eigenvalue weighted by atomic mass is 32.2. The molecule has 0 saturated carbocycles. The van der Waals surface area contributed by atoms with Crippen LogP contribution in [-0.2, 0) is 19.3 Å². The van der Waals surface area contributed by atoms with E-state index in [1.165, 1.54) is 0 Å². The van der Waals surface area contributed by atoms with Crippen LogP contribution >= 0.6 is 0 Å². The van der Waals surface area contributed by atoms with Gasteiger partial charge in [0.15, 0.2) is 0 Å². The summed E-state index contributed by atoms with van der Waals surface area (Å²) in [6.45, 7) is 11.0. The summed E-state index contributed by atoms with van der Waals surface area (Å²) >= 11 is 0. The number of aryl methyl sites for hydroxylation is 1. The fourth-order valence-electron chi connectivity index (χ4n) is 3.09. The Morgan fingerprint density at radius 2 is 1.58 bits per heavy atom. The van der Waals surface area contributed by atoms with Gasteiger partial charge in [0.05, 0.1) is 16.1 Å². The molecule has 132 valence electrons. The smallest absolute Gasteiger partial charge is 0.399 e. The zero-order valence-electron chi connectivity index (χ0n) is 15.1. The van der Waals surface area contributed by atoms with Crippen LogP contribution in [0.25, 0.3) is 0 Å². The standard InChI is InChI=1S/C17H26BNO4S/c1-13-8-9-14(18-22-16(2,3)17(4,5)23-18)12-15(13)24(20,21)19-10-6-7-11-19/h8-9,12H,6-7,10-11H2,1-5H3. The van der Waals surface area contributed by atoms with Crippen LogP contribution in [0.4, 0.5) is 0 Å². The minimum absolute atomic E-state index is 0.358. The number of sulfonamides is 1. The normalized spacial score (nSPS) is 23.8. The second-order valence-electron chi connectivity index (χ2n) is 7.72. The molecule has 2 saturated heterocycles. The maximum absolute atomic E-state index is 12.9. The van der Waals surface area contributed by atoms with Gasteiger partial charge in [-0.15, -0.1) is 0 Å². The third-order valence-electron chi connectivity index (χ3n) is 5.42. The predicted octanol–water partition coefficient (Wildman–Crippen LogP) is 2.08. The first-order valence-corrected chi connectivity index (χ1v) is 9.95. The molecular weight excluding hydrogens is 325 g/mol. The summed E-state index contributed by atoms with van der Waals surface area (Å²) in [6.07, 6.45) is 1.85. The Balaban J connectivity index is 1.96. The van der Waals surface area contributed by atoms with Crippen LogP contribution in [0.1, 0.15) is 46.1 Å². The summed E-state index contributed by atoms with van der Waals surface area (Å²) in [7, 11) is -4.01. The Bertz CT molecular complexity index is 723. The molecule has 24 heavy (non-hydrogen) atoms. The van der Waals surface area contributed by atoms with Crippen molar-refractivity contribution in [2.45, 2.75) is 63.6 Å². The van der Waals surface area contributed by atoms with Crippen molar-refractivity contribution >= 4 is 22.6 Å². The van der Waals surface area contributed by atoms with Gasteiger partial charge in [0, 0.05) is 13.1 Å². The molecule has 0 spiro atoms. The molecule has 0 radical (unpaired) electrons. The van der Waals surface area contributed by atoms with Crippen molar-refractivity contribution in [1.29, 1.82) is 0 Å². The van der Waals surface area contributed by atoms with Crippen LogP contribution in [0.3, 0.4) is 0 Å². The zero-order chi connectivity index (χ0) is 17.8. The van der Waals surface area contributed by atoms with Gasteiger partial charge in [-0.05, 0) is 64.6 Å². The van der Waals surface area contributed by atoms with E-state index in [2.05, 4.69) is 0 Å². The highest BCUT2D eigenvalue weighted by Gasteiger charge is 2.51. The summed E-state index contributed by atoms with van der Waals surface area (Å²) in [4.78, 5) is 0.358. The van der Waals surface area contributed by atoms with Crippen LogP contribution in [0.2, 0.25) is 0 Å². The first kappa shape index (κ1) is 17.9. The van der Waals surface area contributed by atoms with E-state index in [4.69, 9.17) is 9.31 Å². The third-order valence-corrected chi connectivity index (χ3v) is 7.46. The van der Waals surface area contributed by atoms with E-state index < -0.39 is 28.3 Å². The topological polar surface area (TPSA) is 55.8 Å². The molecular formula is C17H26BNO4S. The summed E-state index contributed by atoms with van der Waals surface area (Å²) in [5, 5.41) is 0. The fourth-order valence-corrected chi connectivity index (χ4v) is 4.86. The Labute approximate surface area is 145 Å². The fraction of sp³-hybridized carbons (Fsp3) is 0.647. The SMILES string of the molecule is Cc1ccc(B2OC(C)(C)C(C)(C)O2)cc1S(=O)(=O)N1CCCC1. The second kappa shape index (κ2) is 5.83. The number of nitrogens with zero attached hydrogens (tertiary/aromatic N) is 1. The van der Waals surface area contributed by atoms with E-state index in [0.29, 0.717) is 18.0 Å². The number of hydrogen-bond donors (Lipinski definition) is 0. The highest BCUT2D eigenvalue weighted by molar-refractivity contribution is 7.89. The number of benzene rings is 1. The molecule has 2 heterocycles. The molecule has 0 aliphatic carbocycles. The van der Waals surface area contributed by atoms with Crippen LogP contribution in [-0.4, -0.2) is 44.1 Å². The lowest BCUT2D eigenvalue weighted by atomic mass is 9.79. The number of hydrogen-bond acceptors (Lipinski definition) is 4. The molecule has 0 amide bonds. The van der Waals surface area contributed by atoms with E-state index in [-0.39, 0.29) is 0 Å². The lowest BCUT2D eigenvalue weighted by Gasteiger charge is -2.32. The van der Waals surface area contributed by atoms with Crippen molar-refractivity contribution in [3.63, 3.8) is 0 Å². The van der Waals surface area contributed by atoms with Crippen LogP contribution in [0, 0.1) is 6.92 Å². The van der Waals surface area contributed by atoms with Crippen molar-refractivity contribution in [2.75, 3.05) is 13.1 Å². The molecule has 2 aliphatic heterocycles. The van der Waals surface area contributed by atoms with Crippen molar-refractivity contribution in [2.24, 2.45) is 0 Å². The van der Waals surface area contributed by atoms with Gasteiger partial charge in [-0.1, -0.05) is 12.1 Å². The minimum atomic E-state index is -3.46. The second-order valence-corrected chi connectivity index (χ2v) is 9.63. The molecule has 0 aromatic heterocycles. The Morgan fingerprint density at radius 1 is 1.04 bits per heavy atom. The van der Waals surface area contributed by atoms with E-state index in [1.807, 2.05) is 46.8 Å². The van der Waals surface area contributed by atoms with Gasteiger partial charge in [-0.25, -0.2) is 8.42 Å². The molecule has 1 aromatic carbocycles. The molecule has 3 rings (SSSR count). The van der Waals surface area contributed by atoms with E-state index in [9.17, 15) is 8.42 Å². The van der Waals surface area contributed by atoms with Crippen molar-refractivity contribution in [3.8, 4) is 0 Å². The number of rotatable bonds is 3. The quantitative estimate of drug-likeness (QED) is 0.783. The highest BCUT2D eigenvalue weighted by Crippen LogP contribution is 2.36. The average Bonchev–Trinajstić information content (AvgIpc) is 3.07. The third kappa shape index (κ3) is 2.92. The van der Waals surface area contributed by atoms with Gasteiger partial charge in [0.2, 0.25) is 10.0 Å². The van der Waals surface area contributed by atoms with Crippen LogP contribution in [0.15, 0.2) is 23.1 Å². The maximum atomic E-state index is 12.9. The monoisotopic (exact) mass is 351 g/mol. The summed E-state index contributed by atoms with van der Waals surface area (Å²) < 4.78 is 39.5. The summed E-state index contributed by atoms with van der Waals surface area (Å²) in [5.41, 5.74) is 0.604. The van der Waals surface area contributed by atoms with Gasteiger partial charge >= 0.3 is 7.12 Å². The van der Waals surface area contributed by atoms with E-state index in [1.54, 1.807) is 10.4 Å². The molecule has 7 heteroatoms. The van der Waals surface area contributed by atoms with Crippen LogP contribution < -0.4 is 5.46 Å². The molecule has 0 bridgehead atoms. The van der Waals surface area contributed by atoms with Gasteiger partial charge < -0.3 is 9.31 Å². The molecule has 0 N–H and O–H groups in total. The van der Waals surface area contributed by atoms with Gasteiger partial charge in [-0.3, -0.25) is 0 Å². The van der Waals surface area contributed by atoms with Crippen molar-refractivity contribution in [3.05, 3.63) is 23.8 Å². The van der Waals surface area contributed by atoms with Crippen molar-refractivity contribution < 1.29 is 17.7 Å². The van der Waals surface area contributed by atoms with E-state index >= 15 is 0 Å². The first-order valence-electron chi connectivity index (χ1n) is 8.51. The lowest BCUT2D eigenvalue weighted by molar-refractivity contribution is 0.00578. The van der Waals surface area contributed by atoms with Gasteiger partial charge in [0.25, 0.3) is 0 Å². The minimum Gasteiger partial charge on any atom is -0.399 e. The Hall–Kier alpha value is -0.885. The van der Waals surface area contributed by atoms with Gasteiger partial charge in [0.1, 0.15) is 0 Å². The predicted molar refractivity (Wildman–Crippen MR) is 94.9 cm³/mol. The summed E-state index contributed by atoms with van der Waals surface area (Å²) in [5.74, 6) is 0. The van der Waals surface area contributed by atoms with E-state index in [0.717, 1.165) is 23.9 Å². The zero-order valence-corrected chi connectivity index (χ0v) is 15.9. The Morgan fingerprint density at radius 3 is 2.12 bits per heavy atom. The molecule has 1 aromatic rings. The molecule has 2 fully saturated rings. The molecule has 2 aliphatic rings. The average molecular weight is 351 g/mol. The maximum Gasteiger partial charge on any atom is 0.494 e. The molecule has 5 nitrogen and oxygen atoms in total. The molecule has 0 atom stereocenters. The van der Waals surface area contributed by atoms with Gasteiger partial charge in [-0.2, -0.15) is 4.31 Å². The first-order chi connectivity index (χ1) is 11.0. The molecule has 0 unspecified atom stereocenters. The largest absolute Gasteiger partial charge is 0.494 e. The summed E-state index contributed by atoms with van der Waals surface area (Å²) in [6, 6.07) is 5.44. The Kier molecular flexibility index (Phi) is 4.36. The lowest BCUT2D eigenvalue weighted by Crippen LogP contribution is -2.41. The van der Waals surface area contributed by atoms with Crippen LogP contribution in [0.5, 0.6) is 0 Å².